The Bertz CT molecular complexity index is 273. The van der Waals surface area contributed by atoms with Crippen LogP contribution in [0.2, 0.25) is 0 Å². The molecule has 0 saturated heterocycles. The fourth-order valence-electron chi connectivity index (χ4n) is 0.981. The number of hydrogen-bond acceptors (Lipinski definition) is 4. The van der Waals surface area contributed by atoms with Crippen LogP contribution in [0, 0.1) is 0 Å². The Morgan fingerprint density at radius 1 is 1.47 bits per heavy atom. The van der Waals surface area contributed by atoms with E-state index in [0.29, 0.717) is 13.0 Å². The lowest BCUT2D eigenvalue weighted by molar-refractivity contribution is -0.139. The zero-order valence-corrected chi connectivity index (χ0v) is 10.8. The second-order valence-corrected chi connectivity index (χ2v) is 4.82. The molecule has 2 amide bonds. The van der Waals surface area contributed by atoms with Crippen LogP contribution in [0.25, 0.3) is 0 Å². The molecule has 0 rings (SSSR count). The minimum absolute atomic E-state index is 0.118. The van der Waals surface area contributed by atoms with E-state index in [0.717, 1.165) is 6.42 Å². The number of amides is 2. The average Bonchev–Trinajstić information content (AvgIpc) is 2.30. The van der Waals surface area contributed by atoms with Crippen molar-refractivity contribution < 1.29 is 19.5 Å². The Balaban J connectivity index is 4.02. The predicted molar refractivity (Wildman–Crippen MR) is 65.8 cm³/mol. The largest absolute Gasteiger partial charge is 0.480 e. The van der Waals surface area contributed by atoms with Gasteiger partial charge in [-0.3, -0.25) is 9.59 Å². The van der Waals surface area contributed by atoms with Crippen molar-refractivity contribution in [3.63, 3.8) is 0 Å². The van der Waals surface area contributed by atoms with E-state index in [9.17, 15) is 14.4 Å². The van der Waals surface area contributed by atoms with Crippen molar-refractivity contribution in [3.05, 3.63) is 0 Å². The first-order chi connectivity index (χ1) is 8.02. The maximum atomic E-state index is 11.5. The fraction of sp³-hybridized carbons (Fsp3) is 0.700. The van der Waals surface area contributed by atoms with Crippen LogP contribution in [0.4, 0.5) is 0 Å². The highest BCUT2D eigenvalue weighted by Crippen LogP contribution is 2.12. The van der Waals surface area contributed by atoms with Crippen molar-refractivity contribution in [1.29, 1.82) is 0 Å². The lowest BCUT2D eigenvalue weighted by atomic mass is 10.3. The molecule has 0 aliphatic heterocycles. The van der Waals surface area contributed by atoms with Crippen LogP contribution in [-0.2, 0) is 14.4 Å². The molecule has 0 bridgehead atoms. The van der Waals surface area contributed by atoms with E-state index in [2.05, 4.69) is 10.6 Å². The first kappa shape index (κ1) is 15.8. The van der Waals surface area contributed by atoms with Crippen LogP contribution in [0.3, 0.4) is 0 Å². The van der Waals surface area contributed by atoms with Gasteiger partial charge in [0.1, 0.15) is 6.04 Å². The lowest BCUT2D eigenvalue weighted by Gasteiger charge is -2.14. The molecule has 0 heterocycles. The van der Waals surface area contributed by atoms with Crippen molar-refractivity contribution >= 4 is 30.0 Å². The summed E-state index contributed by atoms with van der Waals surface area (Å²) < 4.78 is 0. The van der Waals surface area contributed by atoms with Gasteiger partial charge in [0.15, 0.2) is 0 Å². The zero-order valence-electron chi connectivity index (χ0n) is 9.93. The molecular weight excluding hydrogens is 244 g/mol. The average molecular weight is 262 g/mol. The highest BCUT2D eigenvalue weighted by molar-refractivity contribution is 8.00. The molecule has 3 N–H and O–H groups in total. The summed E-state index contributed by atoms with van der Waals surface area (Å²) in [5.74, 6) is -1.06. The van der Waals surface area contributed by atoms with E-state index >= 15 is 0 Å². The second-order valence-electron chi connectivity index (χ2n) is 3.44. The van der Waals surface area contributed by atoms with Gasteiger partial charge < -0.3 is 15.7 Å². The number of carbonyl (C=O) groups is 3. The minimum Gasteiger partial charge on any atom is -0.480 e. The van der Waals surface area contributed by atoms with Crippen molar-refractivity contribution in [2.24, 2.45) is 0 Å². The van der Waals surface area contributed by atoms with Crippen molar-refractivity contribution in [2.45, 2.75) is 31.6 Å². The fourth-order valence-corrected chi connectivity index (χ4v) is 1.94. The molecule has 0 aromatic heterocycles. The summed E-state index contributed by atoms with van der Waals surface area (Å²) in [4.78, 5) is 32.4. The molecule has 0 aliphatic carbocycles. The smallest absolute Gasteiger partial charge is 0.327 e. The quantitative estimate of drug-likeness (QED) is 0.502. The Morgan fingerprint density at radius 3 is 2.59 bits per heavy atom. The Morgan fingerprint density at radius 2 is 2.12 bits per heavy atom. The van der Waals surface area contributed by atoms with Gasteiger partial charge >= 0.3 is 5.97 Å². The zero-order chi connectivity index (χ0) is 13.3. The topological polar surface area (TPSA) is 95.5 Å². The molecule has 0 spiro atoms. The number of thioether (sulfide) groups is 1. The van der Waals surface area contributed by atoms with E-state index in [-0.39, 0.29) is 16.9 Å². The van der Waals surface area contributed by atoms with E-state index in [1.807, 2.05) is 6.92 Å². The van der Waals surface area contributed by atoms with Crippen molar-refractivity contribution in [1.82, 2.24) is 10.6 Å². The van der Waals surface area contributed by atoms with Gasteiger partial charge in [-0.15, -0.1) is 11.8 Å². The Labute approximate surface area is 105 Å². The summed E-state index contributed by atoms with van der Waals surface area (Å²) in [5, 5.41) is 13.3. The molecule has 2 atom stereocenters. The molecule has 17 heavy (non-hydrogen) atoms. The van der Waals surface area contributed by atoms with Gasteiger partial charge in [-0.25, -0.2) is 4.79 Å². The second kappa shape index (κ2) is 8.86. The number of hydrogen-bond donors (Lipinski definition) is 3. The highest BCUT2D eigenvalue weighted by atomic mass is 32.2. The molecule has 0 aromatic rings. The van der Waals surface area contributed by atoms with Crippen LogP contribution < -0.4 is 10.6 Å². The van der Waals surface area contributed by atoms with E-state index in [4.69, 9.17) is 5.11 Å². The summed E-state index contributed by atoms with van der Waals surface area (Å²) in [5.41, 5.74) is 0. The molecule has 0 saturated carbocycles. The lowest BCUT2D eigenvalue weighted by Crippen LogP contribution is -2.39. The molecule has 98 valence electrons. The molecule has 6 nitrogen and oxygen atoms in total. The molecule has 7 heteroatoms. The van der Waals surface area contributed by atoms with Gasteiger partial charge in [-0.2, -0.15) is 0 Å². The van der Waals surface area contributed by atoms with Gasteiger partial charge in [0, 0.05) is 12.3 Å². The number of carboxylic acids is 1. The third-order valence-corrected chi connectivity index (χ3v) is 3.24. The summed E-state index contributed by atoms with van der Waals surface area (Å²) in [6.07, 6.45) is 1.20. The molecule has 0 aromatic carbocycles. The third kappa shape index (κ3) is 6.83. The SMILES string of the molecule is CCCNC(=O)C(C)SCC(NC=O)C(=O)O. The molecule has 0 aliphatic rings. The highest BCUT2D eigenvalue weighted by Gasteiger charge is 2.20. The first-order valence-electron chi connectivity index (χ1n) is 5.34. The third-order valence-electron chi connectivity index (χ3n) is 2.00. The summed E-state index contributed by atoms with van der Waals surface area (Å²) in [7, 11) is 0. The number of carbonyl (C=O) groups excluding carboxylic acids is 2. The maximum Gasteiger partial charge on any atom is 0.327 e. The molecular formula is C10H18N2O4S. The number of nitrogens with one attached hydrogen (secondary N) is 2. The van der Waals surface area contributed by atoms with Crippen molar-refractivity contribution in [2.75, 3.05) is 12.3 Å². The van der Waals surface area contributed by atoms with E-state index in [1.54, 1.807) is 6.92 Å². The number of rotatable bonds is 9. The summed E-state index contributed by atoms with van der Waals surface area (Å²) >= 11 is 1.20. The normalized spacial score (nSPS) is 13.5. The van der Waals surface area contributed by atoms with Crippen molar-refractivity contribution in [3.8, 4) is 0 Å². The van der Waals surface area contributed by atoms with Gasteiger partial charge in [0.05, 0.1) is 5.25 Å². The number of carboxylic acid groups (broad SMARTS) is 1. The van der Waals surface area contributed by atoms with Crippen LogP contribution in [0.5, 0.6) is 0 Å². The van der Waals surface area contributed by atoms with Crippen LogP contribution >= 0.6 is 11.8 Å². The van der Waals surface area contributed by atoms with Gasteiger partial charge in [0.2, 0.25) is 12.3 Å². The molecule has 0 radical (unpaired) electrons. The monoisotopic (exact) mass is 262 g/mol. The standard InChI is InChI=1S/C10H18N2O4S/c1-3-4-11-9(14)7(2)17-5-8(10(15)16)12-6-13/h6-8H,3-5H2,1-2H3,(H,11,14)(H,12,13)(H,15,16). The molecule has 0 fully saturated rings. The van der Waals surface area contributed by atoms with Gasteiger partial charge in [-0.1, -0.05) is 6.92 Å². The minimum atomic E-state index is -1.11. The van der Waals surface area contributed by atoms with Gasteiger partial charge in [0.25, 0.3) is 0 Å². The maximum absolute atomic E-state index is 11.5. The Kier molecular flexibility index (Phi) is 8.21. The summed E-state index contributed by atoms with van der Waals surface area (Å²) in [6.45, 7) is 4.26. The Hall–Kier alpha value is -1.24. The van der Waals surface area contributed by atoms with Gasteiger partial charge in [-0.05, 0) is 13.3 Å². The number of aliphatic carboxylic acids is 1. The molecule has 2 unspecified atom stereocenters. The van der Waals surface area contributed by atoms with E-state index < -0.39 is 12.0 Å². The van der Waals surface area contributed by atoms with Crippen LogP contribution in [-0.4, -0.2) is 47.0 Å². The predicted octanol–water partition coefficient (Wildman–Crippen LogP) is -0.166. The summed E-state index contributed by atoms with van der Waals surface area (Å²) in [6, 6.07) is -0.959. The van der Waals surface area contributed by atoms with E-state index in [1.165, 1.54) is 11.8 Å². The van der Waals surface area contributed by atoms with Crippen LogP contribution in [0.1, 0.15) is 20.3 Å². The van der Waals surface area contributed by atoms with Crippen LogP contribution in [0.15, 0.2) is 0 Å². The first-order valence-corrected chi connectivity index (χ1v) is 6.39.